The maximum Gasteiger partial charge on any atom is 0.270 e. The van der Waals surface area contributed by atoms with Crippen molar-refractivity contribution in [2.24, 2.45) is 0 Å². The number of hydrogen-bond acceptors (Lipinski definition) is 5. The Morgan fingerprint density at radius 3 is 2.77 bits per heavy atom. The van der Waals surface area contributed by atoms with E-state index in [1.165, 1.54) is 24.4 Å². The van der Waals surface area contributed by atoms with Gasteiger partial charge in [0.05, 0.1) is 12.2 Å². The Balaban J connectivity index is 1.22. The molecule has 1 atom stereocenters. The predicted octanol–water partition coefficient (Wildman–Crippen LogP) is 1.32. The summed E-state index contributed by atoms with van der Waals surface area (Å²) in [5.41, 5.74) is 1.67. The van der Waals surface area contributed by atoms with Crippen molar-refractivity contribution in [3.8, 4) is 12.0 Å². The van der Waals surface area contributed by atoms with Crippen LogP contribution in [0.25, 0.3) is 11.2 Å². The molecule has 1 saturated heterocycles. The van der Waals surface area contributed by atoms with Gasteiger partial charge in [-0.2, -0.15) is 0 Å². The molecule has 4 heterocycles. The number of hydrogen-bond donors (Lipinski definition) is 1. The van der Waals surface area contributed by atoms with Crippen LogP contribution in [0.15, 0.2) is 52.2 Å². The first kappa shape index (κ1) is 19.5. The van der Waals surface area contributed by atoms with Gasteiger partial charge in [-0.05, 0) is 43.0 Å². The van der Waals surface area contributed by atoms with Crippen molar-refractivity contribution >= 4 is 11.2 Å². The van der Waals surface area contributed by atoms with Crippen LogP contribution in [0.2, 0.25) is 0 Å². The summed E-state index contributed by atoms with van der Waals surface area (Å²) in [6.45, 7) is 2.96. The third kappa shape index (κ3) is 3.84. The average molecular weight is 419 g/mol. The number of rotatable bonds is 3. The van der Waals surface area contributed by atoms with Crippen molar-refractivity contribution in [2.45, 2.75) is 31.5 Å². The minimum atomic E-state index is -0.290. The Bertz CT molecular complexity index is 1310. The Morgan fingerprint density at radius 2 is 1.97 bits per heavy atom. The third-order valence-corrected chi connectivity index (χ3v) is 6.04. The summed E-state index contributed by atoms with van der Waals surface area (Å²) in [7, 11) is 0. The van der Waals surface area contributed by atoms with E-state index in [4.69, 9.17) is 0 Å². The van der Waals surface area contributed by atoms with E-state index in [2.05, 4.69) is 27.2 Å². The van der Waals surface area contributed by atoms with Gasteiger partial charge < -0.3 is 10.2 Å². The number of aromatic nitrogens is 3. The van der Waals surface area contributed by atoms with Crippen LogP contribution >= 0.6 is 0 Å². The first-order chi connectivity index (χ1) is 15.1. The lowest BCUT2D eigenvalue weighted by Crippen LogP contribution is -2.43. The van der Waals surface area contributed by atoms with Gasteiger partial charge in [-0.15, -0.1) is 0 Å². The molecule has 1 fully saturated rings. The average Bonchev–Trinajstić information content (AvgIpc) is 3.15. The molecular formula is C23H22FN5O2. The lowest BCUT2D eigenvalue weighted by atomic mass is 10.0. The zero-order valence-electron chi connectivity index (χ0n) is 16.9. The third-order valence-electron chi connectivity index (χ3n) is 6.04. The SMILES string of the molecule is O=c1ccc2ncc(=O)n3c2n1CC3CN1CCC(NC#Cc2cccc(F)c2)CC1. The van der Waals surface area contributed by atoms with Gasteiger partial charge >= 0.3 is 0 Å². The van der Waals surface area contributed by atoms with Gasteiger partial charge in [-0.1, -0.05) is 6.07 Å². The van der Waals surface area contributed by atoms with E-state index in [1.54, 1.807) is 27.3 Å². The van der Waals surface area contributed by atoms with Gasteiger partial charge in [0.2, 0.25) is 0 Å². The van der Waals surface area contributed by atoms with Crippen molar-refractivity contribution < 1.29 is 4.39 Å². The monoisotopic (exact) mass is 419 g/mol. The smallest absolute Gasteiger partial charge is 0.270 e. The van der Waals surface area contributed by atoms with Crippen LogP contribution in [-0.2, 0) is 6.54 Å². The zero-order chi connectivity index (χ0) is 21.4. The quantitative estimate of drug-likeness (QED) is 0.512. The Labute approximate surface area is 178 Å². The van der Waals surface area contributed by atoms with Gasteiger partial charge in [0, 0.05) is 49.9 Å². The zero-order valence-corrected chi connectivity index (χ0v) is 16.9. The maximum atomic E-state index is 13.2. The summed E-state index contributed by atoms with van der Waals surface area (Å²) in [5, 5.41) is 3.23. The highest BCUT2D eigenvalue weighted by atomic mass is 19.1. The second-order valence-electron chi connectivity index (χ2n) is 8.09. The molecule has 8 heteroatoms. The van der Waals surface area contributed by atoms with E-state index >= 15 is 0 Å². The predicted molar refractivity (Wildman–Crippen MR) is 115 cm³/mol. The van der Waals surface area contributed by atoms with Crippen LogP contribution in [0.1, 0.15) is 24.4 Å². The fourth-order valence-electron chi connectivity index (χ4n) is 4.50. The number of nitrogens with one attached hydrogen (secondary N) is 1. The molecule has 158 valence electrons. The molecule has 5 rings (SSSR count). The summed E-state index contributed by atoms with van der Waals surface area (Å²) in [6.07, 6.45) is 3.19. The molecule has 2 aliphatic rings. The van der Waals surface area contributed by atoms with Crippen LogP contribution in [0.5, 0.6) is 0 Å². The molecule has 2 aliphatic heterocycles. The Morgan fingerprint density at radius 1 is 1.13 bits per heavy atom. The molecule has 1 N–H and O–H groups in total. The lowest BCUT2D eigenvalue weighted by molar-refractivity contribution is 0.177. The van der Waals surface area contributed by atoms with Crippen LogP contribution in [0.3, 0.4) is 0 Å². The molecule has 1 aromatic carbocycles. The Hall–Kier alpha value is -3.44. The number of piperidine rings is 1. The van der Waals surface area contributed by atoms with Gasteiger partial charge in [0.25, 0.3) is 11.1 Å². The van der Waals surface area contributed by atoms with Crippen molar-refractivity contribution in [2.75, 3.05) is 19.6 Å². The fraction of sp³-hybridized carbons (Fsp3) is 0.348. The van der Waals surface area contributed by atoms with Gasteiger partial charge in [-0.3, -0.25) is 18.7 Å². The van der Waals surface area contributed by atoms with E-state index in [1.807, 2.05) is 0 Å². The molecule has 31 heavy (non-hydrogen) atoms. The normalized spacial score (nSPS) is 18.7. The second kappa shape index (κ2) is 8.00. The van der Waals surface area contributed by atoms with Crippen molar-refractivity contribution in [3.63, 3.8) is 0 Å². The summed E-state index contributed by atoms with van der Waals surface area (Å²) in [5.74, 6) is 2.65. The molecule has 0 saturated carbocycles. The fourth-order valence-corrected chi connectivity index (χ4v) is 4.50. The minimum Gasteiger partial charge on any atom is -0.342 e. The minimum absolute atomic E-state index is 0.0784. The van der Waals surface area contributed by atoms with E-state index < -0.39 is 0 Å². The highest BCUT2D eigenvalue weighted by Gasteiger charge is 2.29. The Kier molecular flexibility index (Phi) is 5.04. The highest BCUT2D eigenvalue weighted by Crippen LogP contribution is 2.24. The van der Waals surface area contributed by atoms with E-state index in [-0.39, 0.29) is 29.0 Å². The number of halogens is 1. The summed E-state index contributed by atoms with van der Waals surface area (Å²) in [4.78, 5) is 31.3. The topological polar surface area (TPSA) is 72.2 Å². The van der Waals surface area contributed by atoms with E-state index in [9.17, 15) is 14.0 Å². The molecule has 3 aromatic rings. The van der Waals surface area contributed by atoms with Crippen LogP contribution in [0, 0.1) is 17.8 Å². The number of benzene rings is 1. The van der Waals surface area contributed by atoms with Crippen molar-refractivity contribution in [1.29, 1.82) is 0 Å². The summed E-state index contributed by atoms with van der Waals surface area (Å²) < 4.78 is 16.6. The van der Waals surface area contributed by atoms with Crippen molar-refractivity contribution in [1.82, 2.24) is 24.3 Å². The lowest BCUT2D eigenvalue weighted by Gasteiger charge is -2.33. The molecule has 0 radical (unpaired) electrons. The number of nitrogens with zero attached hydrogens (tertiary/aromatic N) is 4. The molecule has 0 bridgehead atoms. The standard InChI is InChI=1S/C23H22FN5O2/c24-17-3-1-2-16(12-17)6-9-25-18-7-10-27(11-8-18)14-19-15-28-21(30)5-4-20-23(28)29(19)22(31)13-26-20/h1-5,12-13,18-19,25H,7-8,10-11,14-15H2. The first-order valence-electron chi connectivity index (χ1n) is 10.4. The summed E-state index contributed by atoms with van der Waals surface area (Å²) in [6, 6.07) is 12.6. The number of pyridine rings is 1. The second-order valence-corrected chi connectivity index (χ2v) is 8.09. The van der Waals surface area contributed by atoms with Gasteiger partial charge in [0.1, 0.15) is 17.0 Å². The molecule has 7 nitrogen and oxygen atoms in total. The van der Waals surface area contributed by atoms with E-state index in [0.717, 1.165) is 25.9 Å². The highest BCUT2D eigenvalue weighted by molar-refractivity contribution is 5.71. The summed E-state index contributed by atoms with van der Waals surface area (Å²) >= 11 is 0. The van der Waals surface area contributed by atoms with Crippen LogP contribution < -0.4 is 16.4 Å². The van der Waals surface area contributed by atoms with Crippen LogP contribution in [0.4, 0.5) is 4.39 Å². The van der Waals surface area contributed by atoms with Gasteiger partial charge in [0.15, 0.2) is 0 Å². The molecule has 2 aromatic heterocycles. The molecule has 0 amide bonds. The largest absolute Gasteiger partial charge is 0.342 e. The molecule has 1 unspecified atom stereocenters. The molecule has 0 aliphatic carbocycles. The van der Waals surface area contributed by atoms with Gasteiger partial charge in [-0.25, -0.2) is 9.37 Å². The number of likely N-dealkylation sites (tertiary alicyclic amines) is 1. The van der Waals surface area contributed by atoms with Crippen molar-refractivity contribution in [3.05, 3.63) is 74.7 Å². The molecule has 0 spiro atoms. The maximum absolute atomic E-state index is 13.2. The van der Waals surface area contributed by atoms with E-state index in [0.29, 0.717) is 29.8 Å². The molecular weight excluding hydrogens is 397 g/mol. The first-order valence-corrected chi connectivity index (χ1v) is 10.4. The van der Waals surface area contributed by atoms with Crippen LogP contribution in [-0.4, -0.2) is 44.7 Å².